The molecule has 7 heteroatoms. The Balaban J connectivity index is 2.47. The monoisotopic (exact) mass is 422 g/mol. The molecule has 0 aliphatic rings. The average Bonchev–Trinajstić information content (AvgIpc) is 2.61. The van der Waals surface area contributed by atoms with Gasteiger partial charge < -0.3 is 5.32 Å². The number of benzene rings is 2. The number of aryl methyl sites for hydroxylation is 1. The third-order valence-electron chi connectivity index (χ3n) is 4.58. The molecule has 2 rings (SSSR count). The molecule has 0 fully saturated rings. The highest BCUT2D eigenvalue weighted by molar-refractivity contribution is 7.92. The molecule has 0 spiro atoms. The standard InChI is InChI=1S/C21H27ClN2O3S/c1-6-19(21(25)23-18-10-8-7-9-17(18)14(2)3)24(28(5,26)27)20-13-16(22)12-11-15(20)4/h7-14,19H,6H2,1-5H3,(H,23,25)/t19-/m0/s1. The minimum atomic E-state index is -3.72. The van der Waals surface area contributed by atoms with Crippen molar-refractivity contribution < 1.29 is 13.2 Å². The lowest BCUT2D eigenvalue weighted by molar-refractivity contribution is -0.117. The number of sulfonamides is 1. The van der Waals surface area contributed by atoms with E-state index in [1.165, 1.54) is 4.31 Å². The van der Waals surface area contributed by atoms with Crippen molar-refractivity contribution in [3.63, 3.8) is 0 Å². The van der Waals surface area contributed by atoms with Gasteiger partial charge in [-0.25, -0.2) is 8.42 Å². The second-order valence-corrected chi connectivity index (χ2v) is 9.44. The summed E-state index contributed by atoms with van der Waals surface area (Å²) in [7, 11) is -3.72. The maximum absolute atomic E-state index is 13.1. The van der Waals surface area contributed by atoms with Gasteiger partial charge in [0.05, 0.1) is 11.9 Å². The van der Waals surface area contributed by atoms with Crippen molar-refractivity contribution in [1.29, 1.82) is 0 Å². The number of amides is 1. The van der Waals surface area contributed by atoms with Gasteiger partial charge in [-0.3, -0.25) is 9.10 Å². The average molecular weight is 423 g/mol. The van der Waals surface area contributed by atoms with E-state index in [0.717, 1.165) is 17.4 Å². The number of halogens is 1. The zero-order chi connectivity index (χ0) is 21.1. The normalized spacial score (nSPS) is 12.7. The molecule has 5 nitrogen and oxygen atoms in total. The van der Waals surface area contributed by atoms with Crippen LogP contribution in [-0.2, 0) is 14.8 Å². The summed E-state index contributed by atoms with van der Waals surface area (Å²) in [6.07, 6.45) is 1.42. The van der Waals surface area contributed by atoms with Crippen LogP contribution in [0.15, 0.2) is 42.5 Å². The van der Waals surface area contributed by atoms with Gasteiger partial charge in [-0.05, 0) is 48.6 Å². The Bertz CT molecular complexity index is 958. The molecule has 2 aromatic rings. The molecular formula is C21H27ClN2O3S. The molecule has 0 heterocycles. The third-order valence-corrected chi connectivity index (χ3v) is 5.98. The van der Waals surface area contributed by atoms with Crippen LogP contribution in [0, 0.1) is 6.92 Å². The Labute approximate surface area is 172 Å². The Morgan fingerprint density at radius 3 is 2.39 bits per heavy atom. The van der Waals surface area contributed by atoms with E-state index in [0.29, 0.717) is 22.8 Å². The van der Waals surface area contributed by atoms with Gasteiger partial charge in [0, 0.05) is 10.7 Å². The van der Waals surface area contributed by atoms with E-state index in [1.807, 2.05) is 38.1 Å². The zero-order valence-corrected chi connectivity index (χ0v) is 18.4. The molecule has 1 amide bonds. The highest BCUT2D eigenvalue weighted by atomic mass is 35.5. The fourth-order valence-electron chi connectivity index (χ4n) is 3.19. The van der Waals surface area contributed by atoms with E-state index >= 15 is 0 Å². The Morgan fingerprint density at radius 2 is 1.82 bits per heavy atom. The van der Waals surface area contributed by atoms with E-state index in [1.54, 1.807) is 32.0 Å². The highest BCUT2D eigenvalue weighted by Gasteiger charge is 2.32. The van der Waals surface area contributed by atoms with E-state index < -0.39 is 16.1 Å². The number of nitrogens with zero attached hydrogens (tertiary/aromatic N) is 1. The number of rotatable bonds is 7. The van der Waals surface area contributed by atoms with Gasteiger partial charge in [-0.1, -0.05) is 56.6 Å². The van der Waals surface area contributed by atoms with Gasteiger partial charge >= 0.3 is 0 Å². The number of para-hydroxylation sites is 1. The lowest BCUT2D eigenvalue weighted by atomic mass is 10.0. The van der Waals surface area contributed by atoms with Crippen LogP contribution in [0.25, 0.3) is 0 Å². The first kappa shape index (κ1) is 22.2. The van der Waals surface area contributed by atoms with E-state index in [-0.39, 0.29) is 11.8 Å². The maximum Gasteiger partial charge on any atom is 0.248 e. The van der Waals surface area contributed by atoms with Crippen LogP contribution in [-0.4, -0.2) is 26.6 Å². The fourth-order valence-corrected chi connectivity index (χ4v) is 4.61. The first-order chi connectivity index (χ1) is 13.1. The summed E-state index contributed by atoms with van der Waals surface area (Å²) >= 11 is 6.10. The number of nitrogens with one attached hydrogen (secondary N) is 1. The summed E-state index contributed by atoms with van der Waals surface area (Å²) in [5.41, 5.74) is 2.82. The SMILES string of the molecule is CC[C@@H](C(=O)Nc1ccccc1C(C)C)N(c1cc(Cl)ccc1C)S(C)(=O)=O. The van der Waals surface area contributed by atoms with Crippen molar-refractivity contribution >= 4 is 38.9 Å². The van der Waals surface area contributed by atoms with E-state index in [4.69, 9.17) is 11.6 Å². The van der Waals surface area contributed by atoms with Crippen molar-refractivity contribution in [3.05, 3.63) is 58.6 Å². The summed E-state index contributed by atoms with van der Waals surface area (Å²) in [6.45, 7) is 7.67. The van der Waals surface area contributed by atoms with Gasteiger partial charge in [-0.2, -0.15) is 0 Å². The van der Waals surface area contributed by atoms with Crippen LogP contribution in [0.5, 0.6) is 0 Å². The van der Waals surface area contributed by atoms with Gasteiger partial charge in [0.1, 0.15) is 6.04 Å². The second-order valence-electron chi connectivity index (χ2n) is 7.14. The second kappa shape index (κ2) is 8.97. The predicted molar refractivity (Wildman–Crippen MR) is 117 cm³/mol. The number of carbonyl (C=O) groups excluding carboxylic acids is 1. The zero-order valence-electron chi connectivity index (χ0n) is 16.9. The molecule has 0 saturated carbocycles. The van der Waals surface area contributed by atoms with Crippen molar-refractivity contribution in [1.82, 2.24) is 0 Å². The fraction of sp³-hybridized carbons (Fsp3) is 0.381. The first-order valence-electron chi connectivity index (χ1n) is 9.21. The van der Waals surface area contributed by atoms with Crippen LogP contribution in [0.3, 0.4) is 0 Å². The quantitative estimate of drug-likeness (QED) is 0.686. The van der Waals surface area contributed by atoms with Gasteiger partial charge in [0.15, 0.2) is 0 Å². The topological polar surface area (TPSA) is 66.5 Å². The van der Waals surface area contributed by atoms with Crippen LogP contribution >= 0.6 is 11.6 Å². The third kappa shape index (κ3) is 5.06. The van der Waals surface area contributed by atoms with Gasteiger partial charge in [0.25, 0.3) is 0 Å². The number of hydrogen-bond acceptors (Lipinski definition) is 3. The van der Waals surface area contributed by atoms with Gasteiger partial charge in [0.2, 0.25) is 15.9 Å². The minimum absolute atomic E-state index is 0.220. The van der Waals surface area contributed by atoms with E-state index in [2.05, 4.69) is 5.32 Å². The number of anilines is 2. The molecule has 0 aromatic heterocycles. The molecule has 1 N–H and O–H groups in total. The minimum Gasteiger partial charge on any atom is -0.324 e. The summed E-state index contributed by atoms with van der Waals surface area (Å²) in [4.78, 5) is 13.1. The summed E-state index contributed by atoms with van der Waals surface area (Å²) in [5.74, 6) is -0.154. The Hall–Kier alpha value is -2.05. The molecule has 2 aromatic carbocycles. The predicted octanol–water partition coefficient (Wildman–Crippen LogP) is 4.96. The van der Waals surface area contributed by atoms with Crippen molar-refractivity contribution in [2.75, 3.05) is 15.9 Å². The molecule has 28 heavy (non-hydrogen) atoms. The molecule has 0 unspecified atom stereocenters. The maximum atomic E-state index is 13.1. The van der Waals surface area contributed by atoms with Crippen LogP contribution < -0.4 is 9.62 Å². The molecule has 0 bridgehead atoms. The van der Waals surface area contributed by atoms with Gasteiger partial charge in [-0.15, -0.1) is 0 Å². The van der Waals surface area contributed by atoms with Crippen molar-refractivity contribution in [2.45, 2.75) is 46.1 Å². The lowest BCUT2D eigenvalue weighted by Crippen LogP contribution is -2.47. The highest BCUT2D eigenvalue weighted by Crippen LogP contribution is 2.30. The summed E-state index contributed by atoms with van der Waals surface area (Å²) in [5, 5.41) is 3.33. The molecule has 152 valence electrons. The molecule has 0 aliphatic heterocycles. The summed E-state index contributed by atoms with van der Waals surface area (Å²) in [6, 6.07) is 11.7. The lowest BCUT2D eigenvalue weighted by Gasteiger charge is -2.31. The van der Waals surface area contributed by atoms with Crippen molar-refractivity contribution in [3.8, 4) is 0 Å². The smallest absolute Gasteiger partial charge is 0.248 e. The Morgan fingerprint density at radius 1 is 1.18 bits per heavy atom. The molecule has 0 radical (unpaired) electrons. The molecule has 0 aliphatic carbocycles. The van der Waals surface area contributed by atoms with E-state index in [9.17, 15) is 13.2 Å². The molecule has 0 saturated heterocycles. The summed E-state index contributed by atoms with van der Waals surface area (Å²) < 4.78 is 26.4. The first-order valence-corrected chi connectivity index (χ1v) is 11.4. The van der Waals surface area contributed by atoms with Crippen molar-refractivity contribution in [2.24, 2.45) is 0 Å². The number of hydrogen-bond donors (Lipinski definition) is 1. The van der Waals surface area contributed by atoms with Crippen LogP contribution in [0.1, 0.15) is 44.2 Å². The molecular weight excluding hydrogens is 396 g/mol. The Kier molecular flexibility index (Phi) is 7.12. The van der Waals surface area contributed by atoms with Crippen LogP contribution in [0.4, 0.5) is 11.4 Å². The number of carbonyl (C=O) groups is 1. The van der Waals surface area contributed by atoms with Crippen LogP contribution in [0.2, 0.25) is 5.02 Å². The largest absolute Gasteiger partial charge is 0.324 e. The molecule has 1 atom stereocenters.